The molecule has 124 valence electrons. The van der Waals surface area contributed by atoms with E-state index < -0.39 is 0 Å². The molecule has 2 saturated carbocycles. The van der Waals surface area contributed by atoms with Crippen molar-refractivity contribution in [2.45, 2.75) is 57.7 Å². The average molecular weight is 375 g/mol. The number of hydrogen-bond donors (Lipinski definition) is 0. The first-order chi connectivity index (χ1) is 10.9. The molecule has 0 saturated heterocycles. The van der Waals surface area contributed by atoms with E-state index in [9.17, 15) is 4.79 Å². The summed E-state index contributed by atoms with van der Waals surface area (Å²) < 4.78 is 1.35. The predicted octanol–water partition coefficient (Wildman–Crippen LogP) is 4.56. The predicted molar refractivity (Wildman–Crippen MR) is 98.2 cm³/mol. The molecule has 2 heteroatoms. The van der Waals surface area contributed by atoms with Crippen molar-refractivity contribution in [1.82, 2.24) is 0 Å². The Labute approximate surface area is 147 Å². The summed E-state index contributed by atoms with van der Waals surface area (Å²) in [6, 6.07) is 10.6. The van der Waals surface area contributed by atoms with Gasteiger partial charge in [0.05, 0.1) is 0 Å². The molecule has 1 nitrogen and oxygen atoms in total. The van der Waals surface area contributed by atoms with E-state index in [2.05, 4.69) is 57.7 Å². The number of carbonyl (C=O) groups is 1. The van der Waals surface area contributed by atoms with E-state index in [4.69, 9.17) is 0 Å². The Hall–Kier alpha value is -0.851. The average Bonchev–Trinajstić information content (AvgIpc) is 2.90. The van der Waals surface area contributed by atoms with E-state index in [0.717, 1.165) is 19.3 Å². The van der Waals surface area contributed by atoms with Crippen molar-refractivity contribution in [3.8, 4) is 0 Å². The molecule has 0 bridgehead atoms. The molecule has 0 spiro atoms. The van der Waals surface area contributed by atoms with Crippen molar-refractivity contribution in [3.05, 3.63) is 42.5 Å². The second kappa shape index (κ2) is 6.22. The summed E-state index contributed by atoms with van der Waals surface area (Å²) in [6.07, 6.45) is 5.63. The molecule has 0 N–H and O–H groups in total. The number of allylic oxidation sites excluding steroid dienone is 1. The van der Waals surface area contributed by atoms with Crippen LogP contribution in [0.1, 0.15) is 52.9 Å². The summed E-state index contributed by atoms with van der Waals surface area (Å²) in [5.74, 6) is 1.03. The quantitative estimate of drug-likeness (QED) is 0.559. The molecule has 0 aliphatic heterocycles. The molecular weight excluding hydrogens is 347 g/mol. The third kappa shape index (κ3) is 2.75. The van der Waals surface area contributed by atoms with Gasteiger partial charge >= 0.3 is 147 Å². The van der Waals surface area contributed by atoms with E-state index in [0.29, 0.717) is 11.7 Å². The molecule has 1 aromatic carbocycles. The van der Waals surface area contributed by atoms with Gasteiger partial charge < -0.3 is 0 Å². The van der Waals surface area contributed by atoms with Crippen LogP contribution in [0.3, 0.4) is 0 Å². The van der Waals surface area contributed by atoms with Gasteiger partial charge in [-0.15, -0.1) is 0 Å². The Morgan fingerprint density at radius 2 is 1.83 bits per heavy atom. The second-order valence-corrected chi connectivity index (χ2v) is 10.4. The SMILES string of the molecule is C=C1CCC[C@]1(C)[C@@]1(C)CCC(C)C([Se]c2ccccc2)C1=O. The van der Waals surface area contributed by atoms with Crippen LogP contribution >= 0.6 is 0 Å². The maximum absolute atomic E-state index is 13.6. The van der Waals surface area contributed by atoms with E-state index >= 15 is 0 Å². The molecule has 0 radical (unpaired) electrons. The van der Waals surface area contributed by atoms with Gasteiger partial charge in [0.25, 0.3) is 0 Å². The van der Waals surface area contributed by atoms with E-state index in [1.807, 2.05) is 0 Å². The Bertz CT molecular complexity index is 608. The normalized spacial score (nSPS) is 38.0. The first-order valence-electron chi connectivity index (χ1n) is 8.83. The number of hydrogen-bond acceptors (Lipinski definition) is 1. The minimum atomic E-state index is -0.214. The van der Waals surface area contributed by atoms with Gasteiger partial charge in [-0.25, -0.2) is 0 Å². The van der Waals surface area contributed by atoms with Crippen LogP contribution < -0.4 is 4.46 Å². The van der Waals surface area contributed by atoms with Crippen molar-refractivity contribution in [2.75, 3.05) is 0 Å². The van der Waals surface area contributed by atoms with Crippen molar-refractivity contribution >= 4 is 25.2 Å². The summed E-state index contributed by atoms with van der Waals surface area (Å²) in [4.78, 5) is 13.8. The van der Waals surface area contributed by atoms with Crippen molar-refractivity contribution in [2.24, 2.45) is 16.7 Å². The molecule has 0 amide bonds. The zero-order chi connectivity index (χ0) is 16.7. The number of benzene rings is 1. The van der Waals surface area contributed by atoms with Gasteiger partial charge in [0.2, 0.25) is 0 Å². The van der Waals surface area contributed by atoms with Crippen LogP contribution in [0.2, 0.25) is 4.82 Å². The van der Waals surface area contributed by atoms with Gasteiger partial charge in [-0.05, 0) is 0 Å². The minimum absolute atomic E-state index is 0.00917. The fourth-order valence-corrected chi connectivity index (χ4v) is 7.32. The van der Waals surface area contributed by atoms with Crippen LogP contribution in [0.15, 0.2) is 42.5 Å². The summed E-state index contributed by atoms with van der Waals surface area (Å²) in [7, 11) is 0. The molecular formula is C21H28OSe. The molecule has 2 aliphatic rings. The van der Waals surface area contributed by atoms with Gasteiger partial charge in [-0.2, -0.15) is 0 Å². The number of Topliss-reactive ketones (excluding diaryl/α,β-unsaturated/α-hetero) is 1. The molecule has 2 fully saturated rings. The molecule has 0 aromatic heterocycles. The van der Waals surface area contributed by atoms with Crippen LogP contribution in [0, 0.1) is 16.7 Å². The molecule has 4 atom stereocenters. The first-order valence-corrected chi connectivity index (χ1v) is 10.7. The standard InChI is InChI=1S/C21H28OSe/c1-15-12-14-21(4,20(3)13-8-9-16(20)2)19(22)18(15)23-17-10-6-5-7-11-17/h5-7,10-11,15,18H,2,8-9,12-14H2,1,3-4H3/t15?,18?,20-,21-/m0/s1. The summed E-state index contributed by atoms with van der Waals surface area (Å²) >= 11 is 0.232. The Balaban J connectivity index is 1.90. The molecule has 23 heavy (non-hydrogen) atoms. The monoisotopic (exact) mass is 376 g/mol. The maximum atomic E-state index is 13.6. The molecule has 2 aliphatic carbocycles. The third-order valence-electron chi connectivity index (χ3n) is 6.58. The van der Waals surface area contributed by atoms with Gasteiger partial charge in [0, 0.05) is 0 Å². The molecule has 1 aromatic rings. The van der Waals surface area contributed by atoms with E-state index in [-0.39, 0.29) is 30.6 Å². The third-order valence-corrected chi connectivity index (χ3v) is 9.68. The van der Waals surface area contributed by atoms with Crippen LogP contribution in [0.5, 0.6) is 0 Å². The second-order valence-electron chi connectivity index (χ2n) is 7.85. The van der Waals surface area contributed by atoms with Gasteiger partial charge in [0.1, 0.15) is 0 Å². The summed E-state index contributed by atoms with van der Waals surface area (Å²) in [5.41, 5.74) is 1.11. The number of carbonyl (C=O) groups excluding carboxylic acids is 1. The zero-order valence-corrected chi connectivity index (χ0v) is 16.3. The Kier molecular flexibility index (Phi) is 4.60. The van der Waals surface area contributed by atoms with Crippen molar-refractivity contribution in [1.29, 1.82) is 0 Å². The van der Waals surface area contributed by atoms with Crippen molar-refractivity contribution < 1.29 is 4.79 Å². The molecule has 2 unspecified atom stereocenters. The zero-order valence-electron chi connectivity index (χ0n) is 14.6. The van der Waals surface area contributed by atoms with Crippen molar-refractivity contribution in [3.63, 3.8) is 0 Å². The van der Waals surface area contributed by atoms with Gasteiger partial charge in [-0.3, -0.25) is 0 Å². The van der Waals surface area contributed by atoms with E-state index in [1.165, 1.54) is 22.9 Å². The van der Waals surface area contributed by atoms with Gasteiger partial charge in [-0.1, -0.05) is 0 Å². The summed E-state index contributed by atoms with van der Waals surface area (Å²) in [6.45, 7) is 11.2. The molecule has 0 heterocycles. The van der Waals surface area contributed by atoms with Crippen LogP contribution in [-0.4, -0.2) is 20.7 Å². The van der Waals surface area contributed by atoms with Crippen LogP contribution in [0.4, 0.5) is 0 Å². The van der Waals surface area contributed by atoms with Crippen LogP contribution in [-0.2, 0) is 4.79 Å². The first kappa shape index (κ1) is 17.0. The van der Waals surface area contributed by atoms with E-state index in [1.54, 1.807) is 0 Å². The topological polar surface area (TPSA) is 17.1 Å². The molecule has 3 rings (SSSR count). The summed E-state index contributed by atoms with van der Waals surface area (Å²) in [5, 5.41) is 0. The Morgan fingerprint density at radius 3 is 2.43 bits per heavy atom. The number of ketones is 1. The van der Waals surface area contributed by atoms with Crippen LogP contribution in [0.25, 0.3) is 0 Å². The Morgan fingerprint density at radius 1 is 1.13 bits per heavy atom. The van der Waals surface area contributed by atoms with Gasteiger partial charge in [0.15, 0.2) is 0 Å². The fraction of sp³-hybridized carbons (Fsp3) is 0.571. The number of rotatable bonds is 3. The fourth-order valence-electron chi connectivity index (χ4n) is 4.50.